The molecule has 0 aromatic heterocycles. The Hall–Kier alpha value is -1.64. The van der Waals surface area contributed by atoms with Crippen LogP contribution in [0.2, 0.25) is 0 Å². The van der Waals surface area contributed by atoms with Crippen molar-refractivity contribution >= 4 is 5.78 Å². The van der Waals surface area contributed by atoms with E-state index in [1.54, 1.807) is 6.07 Å². The smallest absolute Gasteiger partial charge is 0.188 e. The lowest BCUT2D eigenvalue weighted by Crippen LogP contribution is -2.01. The first-order chi connectivity index (χ1) is 9.19. The average molecular weight is 264 g/mol. The third kappa shape index (κ3) is 5.25. The molecular weight excluding hydrogens is 243 g/mol. The van der Waals surface area contributed by atoms with Crippen LogP contribution in [0, 0.1) is 5.82 Å². The summed E-state index contributed by atoms with van der Waals surface area (Å²) < 4.78 is 19.1. The van der Waals surface area contributed by atoms with Gasteiger partial charge >= 0.3 is 0 Å². The van der Waals surface area contributed by atoms with Gasteiger partial charge in [0.15, 0.2) is 5.78 Å². The number of unbranched alkanes of at least 4 members (excludes halogenated alkanes) is 4. The lowest BCUT2D eigenvalue weighted by atomic mass is 10.1. The van der Waals surface area contributed by atoms with Crippen LogP contribution in [0.3, 0.4) is 0 Å². The van der Waals surface area contributed by atoms with E-state index in [4.69, 9.17) is 4.74 Å². The second kappa shape index (κ2) is 8.46. The molecule has 0 spiro atoms. The van der Waals surface area contributed by atoms with Crippen LogP contribution in [-0.4, -0.2) is 12.4 Å². The van der Waals surface area contributed by atoms with Gasteiger partial charge in [-0.1, -0.05) is 39.2 Å². The van der Waals surface area contributed by atoms with E-state index in [0.717, 1.165) is 18.9 Å². The molecule has 19 heavy (non-hydrogen) atoms. The van der Waals surface area contributed by atoms with Crippen LogP contribution in [0.25, 0.3) is 0 Å². The topological polar surface area (TPSA) is 26.3 Å². The molecule has 0 fully saturated rings. The van der Waals surface area contributed by atoms with E-state index < -0.39 is 11.6 Å². The summed E-state index contributed by atoms with van der Waals surface area (Å²) in [6.45, 7) is 6.09. The van der Waals surface area contributed by atoms with Gasteiger partial charge in [0.05, 0.1) is 12.2 Å². The quantitative estimate of drug-likeness (QED) is 0.372. The standard InChI is InChI=1S/C16H21FO2/c1-3-5-6-7-8-11-19-13-9-10-14(15(17)12-13)16(18)4-2/h4,9-10,12H,2-3,5-8,11H2,1H3. The molecule has 0 amide bonds. The maximum absolute atomic E-state index is 13.6. The van der Waals surface area contributed by atoms with Crippen LogP contribution < -0.4 is 4.74 Å². The highest BCUT2D eigenvalue weighted by Gasteiger charge is 2.09. The van der Waals surface area contributed by atoms with Crippen molar-refractivity contribution in [3.63, 3.8) is 0 Å². The summed E-state index contributed by atoms with van der Waals surface area (Å²) in [4.78, 5) is 11.3. The van der Waals surface area contributed by atoms with Crippen LogP contribution in [0.4, 0.5) is 4.39 Å². The molecule has 0 aliphatic rings. The SMILES string of the molecule is C=CC(=O)c1ccc(OCCCCCCC)cc1F. The molecule has 104 valence electrons. The minimum absolute atomic E-state index is 0.0327. The van der Waals surface area contributed by atoms with Crippen molar-refractivity contribution in [1.82, 2.24) is 0 Å². The van der Waals surface area contributed by atoms with Crippen molar-refractivity contribution in [2.75, 3.05) is 6.61 Å². The van der Waals surface area contributed by atoms with E-state index in [9.17, 15) is 9.18 Å². The molecule has 0 saturated carbocycles. The number of allylic oxidation sites excluding steroid dienone is 1. The molecule has 2 nitrogen and oxygen atoms in total. The summed E-state index contributed by atoms with van der Waals surface area (Å²) >= 11 is 0. The third-order valence-electron chi connectivity index (χ3n) is 2.91. The second-order valence-electron chi connectivity index (χ2n) is 4.47. The molecule has 3 heteroatoms. The Morgan fingerprint density at radius 2 is 2.05 bits per heavy atom. The third-order valence-corrected chi connectivity index (χ3v) is 2.91. The molecule has 0 saturated heterocycles. The number of halogens is 1. The Balaban J connectivity index is 2.41. The monoisotopic (exact) mass is 264 g/mol. The summed E-state index contributed by atoms with van der Waals surface area (Å²) in [5.74, 6) is -0.509. The summed E-state index contributed by atoms with van der Waals surface area (Å²) in [6, 6.07) is 4.31. The molecular formula is C16H21FO2. The van der Waals surface area contributed by atoms with Crippen molar-refractivity contribution in [1.29, 1.82) is 0 Å². The van der Waals surface area contributed by atoms with Crippen molar-refractivity contribution in [2.24, 2.45) is 0 Å². The Morgan fingerprint density at radius 1 is 1.32 bits per heavy atom. The number of hydrogen-bond acceptors (Lipinski definition) is 2. The number of hydrogen-bond donors (Lipinski definition) is 0. The fourth-order valence-electron chi connectivity index (χ4n) is 1.79. The first-order valence-electron chi connectivity index (χ1n) is 6.78. The number of carbonyl (C=O) groups excluding carboxylic acids is 1. The second-order valence-corrected chi connectivity index (χ2v) is 4.47. The number of carbonyl (C=O) groups is 1. The molecule has 0 unspecified atom stereocenters. The maximum atomic E-state index is 13.6. The highest BCUT2D eigenvalue weighted by atomic mass is 19.1. The summed E-state index contributed by atoms with van der Waals surface area (Å²) in [7, 11) is 0. The normalized spacial score (nSPS) is 10.2. The van der Waals surface area contributed by atoms with Gasteiger partial charge in [-0.2, -0.15) is 0 Å². The molecule has 0 aliphatic heterocycles. The Kier molecular flexibility index (Phi) is 6.86. The zero-order chi connectivity index (χ0) is 14.1. The van der Waals surface area contributed by atoms with Gasteiger partial charge in [-0.3, -0.25) is 4.79 Å². The minimum Gasteiger partial charge on any atom is -0.493 e. The first kappa shape index (κ1) is 15.4. The molecule has 1 rings (SSSR count). The zero-order valence-electron chi connectivity index (χ0n) is 11.5. The molecule has 0 N–H and O–H groups in total. The molecule has 0 aliphatic carbocycles. The van der Waals surface area contributed by atoms with E-state index in [1.807, 2.05) is 0 Å². The Labute approximate surface area is 114 Å². The van der Waals surface area contributed by atoms with Gasteiger partial charge in [-0.05, 0) is 24.6 Å². The van der Waals surface area contributed by atoms with E-state index >= 15 is 0 Å². The van der Waals surface area contributed by atoms with Gasteiger partial charge in [0.2, 0.25) is 0 Å². The van der Waals surface area contributed by atoms with Gasteiger partial charge in [-0.25, -0.2) is 4.39 Å². The van der Waals surface area contributed by atoms with E-state index in [2.05, 4.69) is 13.5 Å². The number of rotatable bonds is 9. The highest BCUT2D eigenvalue weighted by Crippen LogP contribution is 2.18. The predicted octanol–water partition coefficient (Wildman–Crippen LogP) is 4.54. The van der Waals surface area contributed by atoms with Gasteiger partial charge in [0.25, 0.3) is 0 Å². The first-order valence-corrected chi connectivity index (χ1v) is 6.78. The molecule has 1 aromatic rings. The van der Waals surface area contributed by atoms with Crippen LogP contribution in [-0.2, 0) is 0 Å². The molecule has 0 radical (unpaired) electrons. The van der Waals surface area contributed by atoms with Crippen molar-refractivity contribution < 1.29 is 13.9 Å². The summed E-state index contributed by atoms with van der Waals surface area (Å²) in [5.41, 5.74) is 0.0327. The molecule has 0 heterocycles. The van der Waals surface area contributed by atoms with Crippen LogP contribution in [0.1, 0.15) is 49.4 Å². The Bertz CT molecular complexity index is 427. The van der Waals surface area contributed by atoms with Crippen molar-refractivity contribution in [3.8, 4) is 5.75 Å². The van der Waals surface area contributed by atoms with Gasteiger partial charge in [0, 0.05) is 6.07 Å². The summed E-state index contributed by atoms with van der Waals surface area (Å²) in [6.07, 6.45) is 6.86. The largest absolute Gasteiger partial charge is 0.493 e. The highest BCUT2D eigenvalue weighted by molar-refractivity contribution is 6.04. The maximum Gasteiger partial charge on any atom is 0.188 e. The van der Waals surface area contributed by atoms with Gasteiger partial charge in [-0.15, -0.1) is 0 Å². The van der Waals surface area contributed by atoms with Crippen molar-refractivity contribution in [3.05, 3.63) is 42.2 Å². The minimum atomic E-state index is -0.562. The van der Waals surface area contributed by atoms with Crippen molar-refractivity contribution in [2.45, 2.75) is 39.0 Å². The number of benzene rings is 1. The lowest BCUT2D eigenvalue weighted by molar-refractivity contribution is 0.104. The summed E-state index contributed by atoms with van der Waals surface area (Å²) in [5, 5.41) is 0. The number of ketones is 1. The van der Waals surface area contributed by atoms with Gasteiger partial charge in [0.1, 0.15) is 11.6 Å². The van der Waals surface area contributed by atoms with E-state index in [0.29, 0.717) is 12.4 Å². The van der Waals surface area contributed by atoms with E-state index in [-0.39, 0.29) is 5.56 Å². The average Bonchev–Trinajstić information content (AvgIpc) is 2.42. The van der Waals surface area contributed by atoms with Gasteiger partial charge < -0.3 is 4.74 Å². The fraction of sp³-hybridized carbons (Fsp3) is 0.438. The zero-order valence-corrected chi connectivity index (χ0v) is 11.5. The molecule has 0 atom stereocenters. The van der Waals surface area contributed by atoms with Crippen LogP contribution in [0.15, 0.2) is 30.9 Å². The Morgan fingerprint density at radius 3 is 2.68 bits per heavy atom. The lowest BCUT2D eigenvalue weighted by Gasteiger charge is -2.07. The van der Waals surface area contributed by atoms with Crippen LogP contribution >= 0.6 is 0 Å². The van der Waals surface area contributed by atoms with Crippen LogP contribution in [0.5, 0.6) is 5.75 Å². The predicted molar refractivity (Wildman–Crippen MR) is 75.2 cm³/mol. The van der Waals surface area contributed by atoms with E-state index in [1.165, 1.54) is 31.4 Å². The molecule has 0 bridgehead atoms. The molecule has 1 aromatic carbocycles. The number of ether oxygens (including phenoxy) is 1. The fourth-order valence-corrected chi connectivity index (χ4v) is 1.79.